The monoisotopic (exact) mass is 234 g/mol. The first-order chi connectivity index (χ1) is 7.68. The molecule has 0 unspecified atom stereocenters. The number of hydrogen-bond acceptors (Lipinski definition) is 5. The third-order valence-corrected chi connectivity index (χ3v) is 2.98. The normalized spacial score (nSPS) is 10.1. The number of amides is 1. The van der Waals surface area contributed by atoms with Crippen LogP contribution >= 0.6 is 11.3 Å². The van der Waals surface area contributed by atoms with Gasteiger partial charge in [-0.3, -0.25) is 9.78 Å². The molecule has 0 aliphatic heterocycles. The number of rotatable bonds is 2. The van der Waals surface area contributed by atoms with Crippen LogP contribution in [0, 0.1) is 6.92 Å². The molecule has 0 aliphatic rings. The van der Waals surface area contributed by atoms with Gasteiger partial charge in [-0.15, -0.1) is 11.3 Å². The Morgan fingerprint density at radius 1 is 1.56 bits per heavy atom. The van der Waals surface area contributed by atoms with Gasteiger partial charge in [0, 0.05) is 6.20 Å². The molecule has 0 bridgehead atoms. The molecule has 2 aromatic heterocycles. The van der Waals surface area contributed by atoms with Gasteiger partial charge in [0.2, 0.25) is 0 Å². The number of aryl methyl sites for hydroxylation is 1. The fourth-order valence-corrected chi connectivity index (χ4v) is 1.92. The number of hydrogen-bond donors (Lipinski definition) is 2. The first-order valence-electron chi connectivity index (χ1n) is 4.59. The molecule has 16 heavy (non-hydrogen) atoms. The summed E-state index contributed by atoms with van der Waals surface area (Å²) in [5.41, 5.74) is 9.03. The Morgan fingerprint density at radius 3 is 3.00 bits per heavy atom. The molecule has 0 radical (unpaired) electrons. The van der Waals surface area contributed by atoms with E-state index in [1.807, 2.05) is 0 Å². The maximum atomic E-state index is 11.8. The molecule has 0 atom stereocenters. The summed E-state index contributed by atoms with van der Waals surface area (Å²) >= 11 is 1.30. The van der Waals surface area contributed by atoms with Crippen molar-refractivity contribution in [2.24, 2.45) is 0 Å². The molecular weight excluding hydrogens is 224 g/mol. The van der Waals surface area contributed by atoms with Gasteiger partial charge in [-0.1, -0.05) is 0 Å². The Balaban J connectivity index is 2.21. The zero-order chi connectivity index (χ0) is 11.5. The number of pyridine rings is 1. The van der Waals surface area contributed by atoms with E-state index in [-0.39, 0.29) is 5.91 Å². The standard InChI is InChI=1S/C10H10N4OS/c1-6-9(16-5-13-6)10(15)14-8-2-3-12-4-7(8)11/h2-5H,11H2,1H3,(H,12,14,15). The lowest BCUT2D eigenvalue weighted by Gasteiger charge is -2.06. The molecule has 0 saturated heterocycles. The maximum absolute atomic E-state index is 11.8. The SMILES string of the molecule is Cc1ncsc1C(=O)Nc1ccncc1N. The zero-order valence-corrected chi connectivity index (χ0v) is 9.41. The summed E-state index contributed by atoms with van der Waals surface area (Å²) in [6.45, 7) is 1.79. The fourth-order valence-electron chi connectivity index (χ4n) is 1.22. The molecule has 6 heteroatoms. The highest BCUT2D eigenvalue weighted by Gasteiger charge is 2.12. The third-order valence-electron chi connectivity index (χ3n) is 2.05. The van der Waals surface area contributed by atoms with E-state index >= 15 is 0 Å². The highest BCUT2D eigenvalue weighted by Crippen LogP contribution is 2.19. The number of thiazole rings is 1. The van der Waals surface area contributed by atoms with Gasteiger partial charge in [-0.05, 0) is 13.0 Å². The summed E-state index contributed by atoms with van der Waals surface area (Å²) in [6.07, 6.45) is 3.07. The molecule has 0 fully saturated rings. The Hall–Kier alpha value is -1.95. The summed E-state index contributed by atoms with van der Waals surface area (Å²) in [5.74, 6) is -0.196. The van der Waals surface area contributed by atoms with Crippen LogP contribution in [-0.2, 0) is 0 Å². The van der Waals surface area contributed by atoms with E-state index in [0.717, 1.165) is 5.69 Å². The number of carbonyl (C=O) groups is 1. The van der Waals surface area contributed by atoms with E-state index in [4.69, 9.17) is 5.73 Å². The van der Waals surface area contributed by atoms with Gasteiger partial charge in [0.1, 0.15) is 4.88 Å². The molecule has 1 amide bonds. The average Bonchev–Trinajstić information content (AvgIpc) is 2.68. The molecular formula is C10H10N4OS. The topological polar surface area (TPSA) is 80.9 Å². The highest BCUT2D eigenvalue weighted by molar-refractivity contribution is 7.12. The molecule has 0 saturated carbocycles. The predicted octanol–water partition coefficient (Wildman–Crippen LogP) is 1.68. The number of anilines is 2. The fraction of sp³-hybridized carbons (Fsp3) is 0.100. The molecule has 2 rings (SSSR count). The van der Waals surface area contributed by atoms with E-state index in [1.54, 1.807) is 24.7 Å². The van der Waals surface area contributed by atoms with Crippen molar-refractivity contribution in [1.82, 2.24) is 9.97 Å². The lowest BCUT2D eigenvalue weighted by Crippen LogP contribution is -2.13. The van der Waals surface area contributed by atoms with Crippen molar-refractivity contribution in [3.63, 3.8) is 0 Å². The van der Waals surface area contributed by atoms with Crippen LogP contribution in [0.15, 0.2) is 24.0 Å². The molecule has 0 aromatic carbocycles. The van der Waals surface area contributed by atoms with Gasteiger partial charge in [0.05, 0.1) is 28.8 Å². The van der Waals surface area contributed by atoms with Crippen LogP contribution in [0.4, 0.5) is 11.4 Å². The van der Waals surface area contributed by atoms with E-state index < -0.39 is 0 Å². The van der Waals surface area contributed by atoms with Crippen molar-refractivity contribution < 1.29 is 4.79 Å². The van der Waals surface area contributed by atoms with Gasteiger partial charge in [0.25, 0.3) is 5.91 Å². The lowest BCUT2D eigenvalue weighted by molar-refractivity contribution is 0.103. The second kappa shape index (κ2) is 4.28. The number of nitrogen functional groups attached to an aromatic ring is 1. The minimum atomic E-state index is -0.196. The van der Waals surface area contributed by atoms with Crippen LogP contribution in [0.3, 0.4) is 0 Å². The second-order valence-electron chi connectivity index (χ2n) is 3.18. The maximum Gasteiger partial charge on any atom is 0.267 e. The van der Waals surface area contributed by atoms with Gasteiger partial charge in [0.15, 0.2) is 0 Å². The molecule has 2 heterocycles. The van der Waals surface area contributed by atoms with Crippen molar-refractivity contribution in [3.05, 3.63) is 34.5 Å². The Kier molecular flexibility index (Phi) is 2.82. The first kappa shape index (κ1) is 10.6. The Labute approximate surface area is 96.3 Å². The van der Waals surface area contributed by atoms with Gasteiger partial charge >= 0.3 is 0 Å². The van der Waals surface area contributed by atoms with E-state index in [9.17, 15) is 4.79 Å². The quantitative estimate of drug-likeness (QED) is 0.828. The van der Waals surface area contributed by atoms with Crippen LogP contribution in [-0.4, -0.2) is 15.9 Å². The minimum Gasteiger partial charge on any atom is -0.396 e. The van der Waals surface area contributed by atoms with Crippen molar-refractivity contribution in [2.75, 3.05) is 11.1 Å². The average molecular weight is 234 g/mol. The summed E-state index contributed by atoms with van der Waals surface area (Å²) in [5, 5.41) is 2.72. The van der Waals surface area contributed by atoms with Crippen molar-refractivity contribution >= 4 is 28.6 Å². The molecule has 2 aromatic rings. The number of nitrogens with zero attached hydrogens (tertiary/aromatic N) is 2. The summed E-state index contributed by atoms with van der Waals surface area (Å²) in [4.78, 5) is 20.3. The third kappa shape index (κ3) is 2.01. The van der Waals surface area contributed by atoms with Crippen molar-refractivity contribution in [1.29, 1.82) is 0 Å². The van der Waals surface area contributed by atoms with Crippen molar-refractivity contribution in [2.45, 2.75) is 6.92 Å². The first-order valence-corrected chi connectivity index (χ1v) is 5.47. The van der Waals surface area contributed by atoms with Crippen LogP contribution in [0.5, 0.6) is 0 Å². The molecule has 0 aliphatic carbocycles. The predicted molar refractivity (Wildman–Crippen MR) is 63.5 cm³/mol. The van der Waals surface area contributed by atoms with Crippen LogP contribution in [0.1, 0.15) is 15.4 Å². The lowest BCUT2D eigenvalue weighted by atomic mass is 10.3. The zero-order valence-electron chi connectivity index (χ0n) is 8.60. The second-order valence-corrected chi connectivity index (χ2v) is 4.04. The Bertz CT molecular complexity index is 523. The smallest absolute Gasteiger partial charge is 0.267 e. The molecule has 5 nitrogen and oxygen atoms in total. The van der Waals surface area contributed by atoms with Crippen LogP contribution in [0.25, 0.3) is 0 Å². The molecule has 0 spiro atoms. The van der Waals surface area contributed by atoms with Crippen LogP contribution < -0.4 is 11.1 Å². The van der Waals surface area contributed by atoms with E-state index in [2.05, 4.69) is 15.3 Å². The largest absolute Gasteiger partial charge is 0.396 e. The minimum absolute atomic E-state index is 0.196. The van der Waals surface area contributed by atoms with Gasteiger partial charge < -0.3 is 11.1 Å². The molecule has 82 valence electrons. The highest BCUT2D eigenvalue weighted by atomic mass is 32.1. The number of nitrogens with two attached hydrogens (primary N) is 1. The van der Waals surface area contributed by atoms with Crippen LogP contribution in [0.2, 0.25) is 0 Å². The number of nitrogens with one attached hydrogen (secondary N) is 1. The van der Waals surface area contributed by atoms with E-state index in [1.165, 1.54) is 17.5 Å². The molecule has 3 N–H and O–H groups in total. The van der Waals surface area contributed by atoms with Gasteiger partial charge in [-0.2, -0.15) is 0 Å². The summed E-state index contributed by atoms with van der Waals surface area (Å²) in [7, 11) is 0. The number of aromatic nitrogens is 2. The number of carbonyl (C=O) groups excluding carboxylic acids is 1. The summed E-state index contributed by atoms with van der Waals surface area (Å²) < 4.78 is 0. The summed E-state index contributed by atoms with van der Waals surface area (Å²) in [6, 6.07) is 1.66. The van der Waals surface area contributed by atoms with E-state index in [0.29, 0.717) is 16.3 Å². The van der Waals surface area contributed by atoms with Gasteiger partial charge in [-0.25, -0.2) is 4.98 Å². The Morgan fingerprint density at radius 2 is 2.38 bits per heavy atom. The van der Waals surface area contributed by atoms with Crippen molar-refractivity contribution in [3.8, 4) is 0 Å².